The molecule has 0 fully saturated rings. The minimum atomic E-state index is -1.87. The maximum absolute atomic E-state index is 5.81. The van der Waals surface area contributed by atoms with Crippen molar-refractivity contribution in [1.29, 1.82) is 0 Å². The van der Waals surface area contributed by atoms with E-state index in [9.17, 15) is 0 Å². The van der Waals surface area contributed by atoms with Crippen LogP contribution in [-0.4, -0.2) is 46.3 Å². The van der Waals surface area contributed by atoms with E-state index in [4.69, 9.17) is 13.3 Å². The Balaban J connectivity index is 3.55. The Kier molecular flexibility index (Phi) is 5.80. The highest BCUT2D eigenvalue weighted by atomic mass is 28.4. The Morgan fingerprint density at radius 3 is 0.857 bits per heavy atom. The molecule has 0 amide bonds. The Hall–Kier alpha value is -0.249. The molecular weight excluding hydrogens is 312 g/mol. The van der Waals surface area contributed by atoms with E-state index in [2.05, 4.69) is 57.5 Å². The lowest BCUT2D eigenvalue weighted by Crippen LogP contribution is -2.56. The third-order valence-corrected chi connectivity index (χ3v) is 12.6. The molecule has 0 saturated heterocycles. The molecule has 3 nitrogen and oxygen atoms in total. The van der Waals surface area contributed by atoms with Crippen LogP contribution < -0.4 is 15.6 Å². The topological polar surface area (TPSA) is 27.7 Å². The SMILES string of the molecule is CO[Si](C)(C)c1cc([Si](C)(C)OC)cc([Si](C)(C)OC)c1. The molecule has 0 atom stereocenters. The molecular formula is C15H30O3Si3. The van der Waals surface area contributed by atoms with Crippen LogP contribution in [0.5, 0.6) is 0 Å². The Labute approximate surface area is 133 Å². The van der Waals surface area contributed by atoms with Crippen molar-refractivity contribution in [2.45, 2.75) is 39.3 Å². The van der Waals surface area contributed by atoms with Crippen LogP contribution in [0.3, 0.4) is 0 Å². The smallest absolute Gasteiger partial charge is 0.217 e. The Bertz CT molecular complexity index is 415. The number of hydrogen-bond acceptors (Lipinski definition) is 3. The summed E-state index contributed by atoms with van der Waals surface area (Å²) in [6, 6.07) is 6.90. The highest BCUT2D eigenvalue weighted by molar-refractivity contribution is 6.90. The molecule has 1 rings (SSSR count). The fraction of sp³-hybridized carbons (Fsp3) is 0.600. The first-order valence-electron chi connectivity index (χ1n) is 7.32. The third-order valence-electron chi connectivity index (χ3n) is 4.55. The van der Waals surface area contributed by atoms with E-state index in [1.54, 1.807) is 0 Å². The first-order valence-corrected chi connectivity index (χ1v) is 16.0. The summed E-state index contributed by atoms with van der Waals surface area (Å²) in [5, 5.41) is 3.98. The van der Waals surface area contributed by atoms with Gasteiger partial charge in [0.15, 0.2) is 0 Å². The van der Waals surface area contributed by atoms with Gasteiger partial charge in [0, 0.05) is 21.3 Å². The number of benzene rings is 1. The van der Waals surface area contributed by atoms with Crippen LogP contribution in [0.2, 0.25) is 39.3 Å². The zero-order valence-corrected chi connectivity index (χ0v) is 18.0. The summed E-state index contributed by atoms with van der Waals surface area (Å²) in [7, 11) is -0.150. The predicted molar refractivity (Wildman–Crippen MR) is 98.8 cm³/mol. The molecule has 0 spiro atoms. The van der Waals surface area contributed by atoms with E-state index in [0.29, 0.717) is 0 Å². The van der Waals surface area contributed by atoms with Gasteiger partial charge < -0.3 is 13.3 Å². The largest absolute Gasteiger partial charge is 0.416 e. The van der Waals surface area contributed by atoms with Crippen LogP contribution in [0.25, 0.3) is 0 Å². The lowest BCUT2D eigenvalue weighted by molar-refractivity contribution is 0.414. The fourth-order valence-electron chi connectivity index (χ4n) is 2.02. The molecule has 0 aliphatic heterocycles. The molecule has 1 aromatic rings. The predicted octanol–water partition coefficient (Wildman–Crippen LogP) is 1.86. The third kappa shape index (κ3) is 4.14. The zero-order valence-electron chi connectivity index (χ0n) is 15.0. The highest BCUT2D eigenvalue weighted by Crippen LogP contribution is 2.10. The molecule has 0 radical (unpaired) electrons. The van der Waals surface area contributed by atoms with Gasteiger partial charge in [0.1, 0.15) is 0 Å². The lowest BCUT2D eigenvalue weighted by atomic mass is 10.3. The van der Waals surface area contributed by atoms with E-state index >= 15 is 0 Å². The summed E-state index contributed by atoms with van der Waals surface area (Å²) >= 11 is 0. The van der Waals surface area contributed by atoms with E-state index in [-0.39, 0.29) is 0 Å². The summed E-state index contributed by atoms with van der Waals surface area (Å²) in [6.07, 6.45) is 0. The molecule has 0 bridgehead atoms. The van der Waals surface area contributed by atoms with Gasteiger partial charge in [-0.25, -0.2) is 0 Å². The van der Waals surface area contributed by atoms with Gasteiger partial charge in [0.05, 0.1) is 0 Å². The van der Waals surface area contributed by atoms with Gasteiger partial charge in [0.2, 0.25) is 25.0 Å². The normalized spacial score (nSPS) is 13.6. The molecule has 0 aromatic heterocycles. The average molecular weight is 343 g/mol. The molecule has 6 heteroatoms. The summed E-state index contributed by atoms with van der Waals surface area (Å²) < 4.78 is 17.4. The first kappa shape index (κ1) is 18.8. The van der Waals surface area contributed by atoms with E-state index in [1.165, 1.54) is 15.6 Å². The summed E-state index contributed by atoms with van der Waals surface area (Å²) in [6.45, 7) is 13.4. The molecule has 0 heterocycles. The maximum atomic E-state index is 5.81. The van der Waals surface area contributed by atoms with Crippen molar-refractivity contribution in [1.82, 2.24) is 0 Å². The van der Waals surface area contributed by atoms with Gasteiger partial charge in [-0.1, -0.05) is 18.2 Å². The van der Waals surface area contributed by atoms with E-state index in [1.807, 2.05) is 21.3 Å². The molecule has 0 N–H and O–H groups in total. The summed E-state index contributed by atoms with van der Waals surface area (Å²) in [4.78, 5) is 0. The van der Waals surface area contributed by atoms with Crippen LogP contribution in [0.4, 0.5) is 0 Å². The van der Waals surface area contributed by atoms with Gasteiger partial charge in [-0.2, -0.15) is 0 Å². The number of rotatable bonds is 6. The minimum Gasteiger partial charge on any atom is -0.416 e. The second-order valence-corrected chi connectivity index (χ2v) is 19.0. The Morgan fingerprint density at radius 1 is 0.524 bits per heavy atom. The summed E-state index contributed by atoms with van der Waals surface area (Å²) in [5.41, 5.74) is 0. The van der Waals surface area contributed by atoms with Crippen LogP contribution in [0, 0.1) is 0 Å². The van der Waals surface area contributed by atoms with Crippen molar-refractivity contribution >= 4 is 40.5 Å². The second kappa shape index (κ2) is 6.47. The standard InChI is InChI=1S/C15H30O3Si3/c1-16-19(4,5)13-10-14(20(6,7)17-2)12-15(11-13)21(8,9)18-3/h10-12H,1-9H3. The molecule has 1 aromatic carbocycles. The molecule has 0 aliphatic rings. The molecule has 21 heavy (non-hydrogen) atoms. The molecule has 0 aliphatic carbocycles. The van der Waals surface area contributed by atoms with Gasteiger partial charge in [-0.15, -0.1) is 0 Å². The van der Waals surface area contributed by atoms with Crippen molar-refractivity contribution in [2.24, 2.45) is 0 Å². The molecule has 0 saturated carbocycles. The van der Waals surface area contributed by atoms with Crippen molar-refractivity contribution in [2.75, 3.05) is 21.3 Å². The van der Waals surface area contributed by atoms with E-state index < -0.39 is 25.0 Å². The zero-order chi connectivity index (χ0) is 16.5. The Morgan fingerprint density at radius 2 is 0.714 bits per heavy atom. The van der Waals surface area contributed by atoms with Gasteiger partial charge in [-0.05, 0) is 54.8 Å². The highest BCUT2D eigenvalue weighted by Gasteiger charge is 2.33. The quantitative estimate of drug-likeness (QED) is 0.739. The number of hydrogen-bond donors (Lipinski definition) is 0. The van der Waals surface area contributed by atoms with Crippen molar-refractivity contribution in [3.63, 3.8) is 0 Å². The van der Waals surface area contributed by atoms with Gasteiger partial charge in [-0.3, -0.25) is 0 Å². The molecule has 120 valence electrons. The van der Waals surface area contributed by atoms with Crippen molar-refractivity contribution in [3.8, 4) is 0 Å². The minimum absolute atomic E-state index is 1.33. The monoisotopic (exact) mass is 342 g/mol. The van der Waals surface area contributed by atoms with Crippen molar-refractivity contribution < 1.29 is 13.3 Å². The van der Waals surface area contributed by atoms with Crippen LogP contribution in [0.1, 0.15) is 0 Å². The van der Waals surface area contributed by atoms with Crippen LogP contribution in [0.15, 0.2) is 18.2 Å². The summed E-state index contributed by atoms with van der Waals surface area (Å²) in [5.74, 6) is 0. The second-order valence-electron chi connectivity index (χ2n) is 6.94. The fourth-order valence-corrected chi connectivity index (χ4v) is 6.18. The first-order chi connectivity index (χ1) is 9.50. The van der Waals surface area contributed by atoms with Crippen molar-refractivity contribution in [3.05, 3.63) is 18.2 Å². The van der Waals surface area contributed by atoms with E-state index in [0.717, 1.165) is 0 Å². The van der Waals surface area contributed by atoms with Crippen LogP contribution in [-0.2, 0) is 13.3 Å². The van der Waals surface area contributed by atoms with Crippen LogP contribution >= 0.6 is 0 Å². The maximum Gasteiger partial charge on any atom is 0.217 e. The van der Waals surface area contributed by atoms with Gasteiger partial charge in [0.25, 0.3) is 0 Å². The van der Waals surface area contributed by atoms with Gasteiger partial charge >= 0.3 is 0 Å². The molecule has 0 unspecified atom stereocenters. The lowest BCUT2D eigenvalue weighted by Gasteiger charge is -2.29. The average Bonchev–Trinajstić information content (AvgIpc) is 2.46.